The van der Waals surface area contributed by atoms with Crippen LogP contribution in [-0.2, 0) is 4.79 Å². The average Bonchev–Trinajstić information content (AvgIpc) is 3.26. The van der Waals surface area contributed by atoms with Crippen LogP contribution in [0.2, 0.25) is 0 Å². The molecule has 3 rings (SSSR count). The molecule has 1 atom stereocenters. The van der Waals surface area contributed by atoms with Gasteiger partial charge in [0.05, 0.1) is 11.6 Å². The minimum Gasteiger partial charge on any atom is -0.465 e. The molecule has 24 heavy (non-hydrogen) atoms. The molecule has 1 saturated heterocycles. The highest BCUT2D eigenvalue weighted by atomic mass is 32.1. The molecule has 1 N–H and O–H groups in total. The summed E-state index contributed by atoms with van der Waals surface area (Å²) in [4.78, 5) is 31.3. The summed E-state index contributed by atoms with van der Waals surface area (Å²) in [5.74, 6) is -0.333. The third-order valence-corrected chi connectivity index (χ3v) is 5.05. The number of carbonyl (C=O) groups excluding carboxylic acids is 1. The Morgan fingerprint density at radius 2 is 2.12 bits per heavy atom. The lowest BCUT2D eigenvalue weighted by molar-refractivity contribution is -0.121. The number of carbonyl (C=O) groups is 2. The van der Waals surface area contributed by atoms with Gasteiger partial charge in [-0.3, -0.25) is 9.69 Å². The zero-order valence-corrected chi connectivity index (χ0v) is 14.2. The third-order valence-electron chi connectivity index (χ3n) is 4.18. The summed E-state index contributed by atoms with van der Waals surface area (Å²) in [5.41, 5.74) is 1.86. The van der Waals surface area contributed by atoms with Crippen LogP contribution in [0.1, 0.15) is 13.3 Å². The van der Waals surface area contributed by atoms with Gasteiger partial charge in [0.2, 0.25) is 5.91 Å². The Balaban J connectivity index is 1.76. The van der Waals surface area contributed by atoms with Crippen molar-refractivity contribution in [1.29, 1.82) is 0 Å². The first kappa shape index (κ1) is 16.4. The first-order valence-electron chi connectivity index (χ1n) is 7.90. The zero-order valence-electron chi connectivity index (χ0n) is 13.4. The minimum atomic E-state index is -0.964. The number of carboxylic acid groups (broad SMARTS) is 1. The molecule has 2 heterocycles. The van der Waals surface area contributed by atoms with E-state index >= 15 is 0 Å². The van der Waals surface area contributed by atoms with Crippen molar-refractivity contribution in [2.24, 2.45) is 5.92 Å². The maximum atomic E-state index is 12.8. The van der Waals surface area contributed by atoms with Crippen molar-refractivity contribution in [2.75, 3.05) is 24.5 Å². The number of hydrogen-bond acceptors (Lipinski definition) is 4. The molecule has 1 aromatic heterocycles. The molecule has 1 unspecified atom stereocenters. The highest BCUT2D eigenvalue weighted by Gasteiger charge is 2.34. The second kappa shape index (κ2) is 7.00. The van der Waals surface area contributed by atoms with Gasteiger partial charge in [0.1, 0.15) is 0 Å². The van der Waals surface area contributed by atoms with Gasteiger partial charge in [0.15, 0.2) is 5.13 Å². The summed E-state index contributed by atoms with van der Waals surface area (Å²) in [6.07, 6.45) is -0.396. The fourth-order valence-electron chi connectivity index (χ4n) is 2.87. The van der Waals surface area contributed by atoms with Crippen molar-refractivity contribution in [2.45, 2.75) is 13.3 Å². The molecule has 1 aliphatic rings. The summed E-state index contributed by atoms with van der Waals surface area (Å²) < 4.78 is 0. The van der Waals surface area contributed by atoms with Crippen molar-refractivity contribution in [1.82, 2.24) is 9.88 Å². The van der Waals surface area contributed by atoms with Gasteiger partial charge in [0.25, 0.3) is 0 Å². The molecular formula is C17H19N3O3S. The standard InChI is InChI=1S/C17H19N3O3S/c1-2-20(15(21)13-8-9-19(10-13)17(22)23)16-18-14(11-24-16)12-6-4-3-5-7-12/h3-7,11,13H,2,8-10H2,1H3,(H,22,23). The minimum absolute atomic E-state index is 0.0461. The largest absolute Gasteiger partial charge is 0.465 e. The molecule has 0 saturated carbocycles. The number of hydrogen-bond donors (Lipinski definition) is 1. The lowest BCUT2D eigenvalue weighted by Crippen LogP contribution is -2.38. The molecule has 0 aliphatic carbocycles. The van der Waals surface area contributed by atoms with Crippen LogP contribution in [0.3, 0.4) is 0 Å². The quantitative estimate of drug-likeness (QED) is 0.924. The summed E-state index contributed by atoms with van der Waals surface area (Å²) in [6.45, 7) is 3.10. The van der Waals surface area contributed by atoms with Crippen LogP contribution in [-0.4, -0.2) is 46.6 Å². The monoisotopic (exact) mass is 345 g/mol. The molecular weight excluding hydrogens is 326 g/mol. The lowest BCUT2D eigenvalue weighted by Gasteiger charge is -2.21. The van der Waals surface area contributed by atoms with Gasteiger partial charge in [-0.05, 0) is 13.3 Å². The summed E-state index contributed by atoms with van der Waals surface area (Å²) in [7, 11) is 0. The number of thiazole rings is 1. The van der Waals surface area contributed by atoms with E-state index in [-0.39, 0.29) is 18.4 Å². The predicted octanol–water partition coefficient (Wildman–Crippen LogP) is 3.16. The summed E-state index contributed by atoms with van der Waals surface area (Å²) in [6, 6.07) is 9.83. The van der Waals surface area contributed by atoms with Crippen LogP contribution in [0.5, 0.6) is 0 Å². The van der Waals surface area contributed by atoms with Crippen molar-refractivity contribution < 1.29 is 14.7 Å². The Morgan fingerprint density at radius 1 is 1.38 bits per heavy atom. The Bertz CT molecular complexity index is 732. The third kappa shape index (κ3) is 3.26. The normalized spacial score (nSPS) is 17.0. The van der Waals surface area contributed by atoms with Crippen LogP contribution in [0.25, 0.3) is 11.3 Å². The van der Waals surface area contributed by atoms with Crippen molar-refractivity contribution >= 4 is 28.5 Å². The number of anilines is 1. The second-order valence-electron chi connectivity index (χ2n) is 5.68. The van der Waals surface area contributed by atoms with Gasteiger partial charge in [-0.25, -0.2) is 9.78 Å². The lowest BCUT2D eigenvalue weighted by atomic mass is 10.1. The highest BCUT2D eigenvalue weighted by Crippen LogP contribution is 2.29. The average molecular weight is 345 g/mol. The number of amides is 2. The topological polar surface area (TPSA) is 73.7 Å². The van der Waals surface area contributed by atoms with Gasteiger partial charge in [-0.15, -0.1) is 11.3 Å². The molecule has 6 nitrogen and oxygen atoms in total. The molecule has 0 bridgehead atoms. The summed E-state index contributed by atoms with van der Waals surface area (Å²) >= 11 is 1.44. The Kier molecular flexibility index (Phi) is 4.80. The number of nitrogens with zero attached hydrogens (tertiary/aromatic N) is 3. The van der Waals surface area contributed by atoms with Gasteiger partial charge in [-0.2, -0.15) is 0 Å². The molecule has 7 heteroatoms. The molecule has 1 aliphatic heterocycles. The van der Waals surface area contributed by atoms with E-state index in [1.807, 2.05) is 42.6 Å². The number of rotatable bonds is 4. The van der Waals surface area contributed by atoms with E-state index in [1.54, 1.807) is 4.90 Å². The fourth-order valence-corrected chi connectivity index (χ4v) is 3.77. The first-order valence-corrected chi connectivity index (χ1v) is 8.78. The van der Waals surface area contributed by atoms with E-state index in [9.17, 15) is 9.59 Å². The molecule has 0 radical (unpaired) electrons. The van der Waals surface area contributed by atoms with Crippen LogP contribution in [0.15, 0.2) is 35.7 Å². The van der Waals surface area contributed by atoms with E-state index in [1.165, 1.54) is 16.2 Å². The predicted molar refractivity (Wildman–Crippen MR) is 93.3 cm³/mol. The van der Waals surface area contributed by atoms with Gasteiger partial charge in [0, 0.05) is 30.6 Å². The number of aromatic nitrogens is 1. The molecule has 126 valence electrons. The van der Waals surface area contributed by atoms with Gasteiger partial charge >= 0.3 is 6.09 Å². The van der Waals surface area contributed by atoms with E-state index < -0.39 is 6.09 Å². The Hall–Kier alpha value is -2.41. The number of benzene rings is 1. The smallest absolute Gasteiger partial charge is 0.407 e. The van der Waals surface area contributed by atoms with E-state index in [2.05, 4.69) is 4.98 Å². The van der Waals surface area contributed by atoms with E-state index in [0.717, 1.165) is 11.3 Å². The van der Waals surface area contributed by atoms with Crippen LogP contribution >= 0.6 is 11.3 Å². The van der Waals surface area contributed by atoms with Crippen molar-refractivity contribution in [3.05, 3.63) is 35.7 Å². The van der Waals surface area contributed by atoms with E-state index in [4.69, 9.17) is 5.11 Å². The van der Waals surface area contributed by atoms with Crippen LogP contribution < -0.4 is 4.90 Å². The Labute approximate surface area is 144 Å². The van der Waals surface area contributed by atoms with Gasteiger partial charge < -0.3 is 10.0 Å². The van der Waals surface area contributed by atoms with Crippen molar-refractivity contribution in [3.8, 4) is 11.3 Å². The molecule has 0 spiro atoms. The highest BCUT2D eigenvalue weighted by molar-refractivity contribution is 7.14. The van der Waals surface area contributed by atoms with Crippen LogP contribution in [0.4, 0.5) is 9.93 Å². The number of likely N-dealkylation sites (tertiary alicyclic amines) is 1. The maximum absolute atomic E-state index is 12.8. The zero-order chi connectivity index (χ0) is 17.1. The first-order chi connectivity index (χ1) is 11.6. The fraction of sp³-hybridized carbons (Fsp3) is 0.353. The van der Waals surface area contributed by atoms with E-state index in [0.29, 0.717) is 24.6 Å². The molecule has 1 fully saturated rings. The molecule has 2 amide bonds. The maximum Gasteiger partial charge on any atom is 0.407 e. The van der Waals surface area contributed by atoms with Crippen molar-refractivity contribution in [3.63, 3.8) is 0 Å². The van der Waals surface area contributed by atoms with Crippen LogP contribution in [0, 0.1) is 5.92 Å². The SMILES string of the molecule is CCN(C(=O)C1CCN(C(=O)O)C1)c1nc(-c2ccccc2)cs1. The Morgan fingerprint density at radius 3 is 2.75 bits per heavy atom. The summed E-state index contributed by atoms with van der Waals surface area (Å²) in [5, 5.41) is 11.7. The molecule has 1 aromatic carbocycles. The second-order valence-corrected chi connectivity index (χ2v) is 6.51. The van der Waals surface area contributed by atoms with Gasteiger partial charge in [-0.1, -0.05) is 30.3 Å². The molecule has 2 aromatic rings.